The molecule has 0 saturated heterocycles. The molecule has 0 bridgehead atoms. The third kappa shape index (κ3) is 3.68. The summed E-state index contributed by atoms with van der Waals surface area (Å²) in [5.74, 6) is 0.442. The molecule has 2 unspecified atom stereocenters. The monoisotopic (exact) mass is 264 g/mol. The van der Waals surface area contributed by atoms with E-state index in [-0.39, 0.29) is 24.7 Å². The average molecular weight is 264 g/mol. The fraction of sp³-hybridized carbons (Fsp3) is 0.500. The minimum absolute atomic E-state index is 0.00317. The Labute approximate surface area is 113 Å². The van der Waals surface area contributed by atoms with Gasteiger partial charge in [-0.25, -0.2) is 0 Å². The topological polar surface area (TPSA) is 73.6 Å². The number of hydrogen-bond acceptors (Lipinski definition) is 4. The Morgan fingerprint density at radius 2 is 2.21 bits per heavy atom. The predicted molar refractivity (Wildman–Crippen MR) is 73.2 cm³/mol. The van der Waals surface area contributed by atoms with Crippen molar-refractivity contribution in [2.24, 2.45) is 5.73 Å². The number of nitrogens with one attached hydrogen (secondary N) is 1. The van der Waals surface area contributed by atoms with Gasteiger partial charge >= 0.3 is 0 Å². The van der Waals surface area contributed by atoms with Gasteiger partial charge < -0.3 is 20.5 Å². The van der Waals surface area contributed by atoms with Gasteiger partial charge in [0.2, 0.25) is 5.91 Å². The molecule has 1 saturated carbocycles. The maximum absolute atomic E-state index is 11.8. The minimum atomic E-state index is -0.191. The second-order valence-electron chi connectivity index (χ2n) is 4.69. The van der Waals surface area contributed by atoms with E-state index in [1.54, 1.807) is 19.2 Å². The lowest BCUT2D eigenvalue weighted by atomic mass is 10.2. The normalized spacial score (nSPS) is 22.2. The van der Waals surface area contributed by atoms with Gasteiger partial charge in [0.25, 0.3) is 0 Å². The van der Waals surface area contributed by atoms with Gasteiger partial charge in [-0.05, 0) is 31.4 Å². The molecule has 1 fully saturated rings. The zero-order valence-corrected chi connectivity index (χ0v) is 11.1. The Balaban J connectivity index is 1.84. The Hall–Kier alpha value is -1.59. The largest absolute Gasteiger partial charge is 0.495 e. The number of benzene rings is 1. The average Bonchev–Trinajstić information content (AvgIpc) is 2.82. The molecule has 1 aromatic rings. The SMILES string of the molecule is COc1ccccc1NC(=O)COC1CCCC1N. The van der Waals surface area contributed by atoms with Gasteiger partial charge in [0.15, 0.2) is 0 Å². The van der Waals surface area contributed by atoms with Crippen LogP contribution in [0.2, 0.25) is 0 Å². The quantitative estimate of drug-likeness (QED) is 0.846. The summed E-state index contributed by atoms with van der Waals surface area (Å²) in [4.78, 5) is 11.8. The Kier molecular flexibility index (Phi) is 4.76. The van der Waals surface area contributed by atoms with Gasteiger partial charge in [-0.3, -0.25) is 4.79 Å². The van der Waals surface area contributed by atoms with Gasteiger partial charge in [-0.15, -0.1) is 0 Å². The smallest absolute Gasteiger partial charge is 0.250 e. The summed E-state index contributed by atoms with van der Waals surface area (Å²) in [6, 6.07) is 7.33. The summed E-state index contributed by atoms with van der Waals surface area (Å²) in [5, 5.41) is 2.77. The van der Waals surface area contributed by atoms with Crippen LogP contribution in [0.15, 0.2) is 24.3 Å². The molecule has 3 N–H and O–H groups in total. The molecule has 1 amide bonds. The molecule has 0 aromatic heterocycles. The van der Waals surface area contributed by atoms with Crippen molar-refractivity contribution in [3.8, 4) is 5.75 Å². The van der Waals surface area contributed by atoms with E-state index in [1.807, 2.05) is 12.1 Å². The predicted octanol–water partition coefficient (Wildman–Crippen LogP) is 1.53. The van der Waals surface area contributed by atoms with Crippen LogP contribution in [0.4, 0.5) is 5.69 Å². The molecule has 19 heavy (non-hydrogen) atoms. The summed E-state index contributed by atoms with van der Waals surface area (Å²) in [5.41, 5.74) is 6.53. The number of carbonyl (C=O) groups is 1. The van der Waals surface area contributed by atoms with Crippen LogP contribution in [0, 0.1) is 0 Å². The second kappa shape index (κ2) is 6.54. The highest BCUT2D eigenvalue weighted by Crippen LogP contribution is 2.23. The van der Waals surface area contributed by atoms with Gasteiger partial charge in [-0.2, -0.15) is 0 Å². The van der Waals surface area contributed by atoms with Crippen LogP contribution in [0.3, 0.4) is 0 Å². The summed E-state index contributed by atoms with van der Waals surface area (Å²) in [6.45, 7) is 0.0242. The van der Waals surface area contributed by atoms with Crippen LogP contribution in [0.5, 0.6) is 5.75 Å². The van der Waals surface area contributed by atoms with Crippen LogP contribution in [0.1, 0.15) is 19.3 Å². The lowest BCUT2D eigenvalue weighted by Gasteiger charge is -2.16. The first-order valence-corrected chi connectivity index (χ1v) is 6.50. The van der Waals surface area contributed by atoms with E-state index in [2.05, 4.69) is 5.32 Å². The van der Waals surface area contributed by atoms with Crippen molar-refractivity contribution in [3.05, 3.63) is 24.3 Å². The van der Waals surface area contributed by atoms with E-state index in [1.165, 1.54) is 0 Å². The van der Waals surface area contributed by atoms with Crippen LogP contribution in [-0.2, 0) is 9.53 Å². The van der Waals surface area contributed by atoms with Gasteiger partial charge in [0.1, 0.15) is 12.4 Å². The first-order valence-electron chi connectivity index (χ1n) is 6.50. The summed E-state index contributed by atoms with van der Waals surface area (Å²) in [6.07, 6.45) is 2.98. The zero-order chi connectivity index (χ0) is 13.7. The van der Waals surface area contributed by atoms with E-state index < -0.39 is 0 Å². The number of ether oxygens (including phenoxy) is 2. The number of anilines is 1. The number of rotatable bonds is 5. The Bertz CT molecular complexity index is 436. The fourth-order valence-corrected chi connectivity index (χ4v) is 2.28. The molecule has 2 atom stereocenters. The second-order valence-corrected chi connectivity index (χ2v) is 4.69. The molecular formula is C14H20N2O3. The highest BCUT2D eigenvalue weighted by Gasteiger charge is 2.25. The van der Waals surface area contributed by atoms with Crippen molar-refractivity contribution in [3.63, 3.8) is 0 Å². The van der Waals surface area contributed by atoms with Crippen LogP contribution >= 0.6 is 0 Å². The van der Waals surface area contributed by atoms with Crippen molar-refractivity contribution in [1.29, 1.82) is 0 Å². The van der Waals surface area contributed by atoms with Crippen LogP contribution in [-0.4, -0.2) is 31.8 Å². The number of para-hydroxylation sites is 2. The van der Waals surface area contributed by atoms with Gasteiger partial charge in [0, 0.05) is 6.04 Å². The number of amides is 1. The maximum atomic E-state index is 11.8. The first-order chi connectivity index (χ1) is 9.20. The first kappa shape index (κ1) is 13.8. The third-order valence-corrected chi connectivity index (χ3v) is 3.31. The van der Waals surface area contributed by atoms with Crippen LogP contribution < -0.4 is 15.8 Å². The summed E-state index contributed by atoms with van der Waals surface area (Å²) in [7, 11) is 1.57. The van der Waals surface area contributed by atoms with Gasteiger partial charge in [-0.1, -0.05) is 12.1 Å². The number of methoxy groups -OCH3 is 1. The molecule has 0 radical (unpaired) electrons. The highest BCUT2D eigenvalue weighted by molar-refractivity contribution is 5.93. The molecule has 5 heteroatoms. The molecule has 0 heterocycles. The molecule has 1 aromatic carbocycles. The molecule has 1 aliphatic rings. The molecule has 1 aliphatic carbocycles. The van der Waals surface area contributed by atoms with Crippen molar-refractivity contribution < 1.29 is 14.3 Å². The van der Waals surface area contributed by atoms with Crippen molar-refractivity contribution in [1.82, 2.24) is 0 Å². The van der Waals surface area contributed by atoms with Crippen molar-refractivity contribution >= 4 is 11.6 Å². The third-order valence-electron chi connectivity index (χ3n) is 3.31. The molecule has 0 spiro atoms. The lowest BCUT2D eigenvalue weighted by molar-refractivity contribution is -0.122. The van der Waals surface area contributed by atoms with E-state index >= 15 is 0 Å². The van der Waals surface area contributed by atoms with Crippen LogP contribution in [0.25, 0.3) is 0 Å². The maximum Gasteiger partial charge on any atom is 0.250 e. The summed E-state index contributed by atoms with van der Waals surface area (Å²) < 4.78 is 10.7. The summed E-state index contributed by atoms with van der Waals surface area (Å²) >= 11 is 0. The van der Waals surface area contributed by atoms with E-state index in [0.29, 0.717) is 11.4 Å². The molecule has 5 nitrogen and oxygen atoms in total. The Morgan fingerprint density at radius 1 is 1.42 bits per heavy atom. The van der Waals surface area contributed by atoms with Crippen molar-refractivity contribution in [2.75, 3.05) is 19.0 Å². The van der Waals surface area contributed by atoms with E-state index in [0.717, 1.165) is 19.3 Å². The van der Waals surface area contributed by atoms with Gasteiger partial charge in [0.05, 0.1) is 18.9 Å². The molecule has 0 aliphatic heterocycles. The number of carbonyl (C=O) groups excluding carboxylic acids is 1. The number of hydrogen-bond donors (Lipinski definition) is 2. The fourth-order valence-electron chi connectivity index (χ4n) is 2.28. The van der Waals surface area contributed by atoms with Crippen molar-refractivity contribution in [2.45, 2.75) is 31.4 Å². The van der Waals surface area contributed by atoms with E-state index in [4.69, 9.17) is 15.2 Å². The molecule has 2 rings (SSSR count). The van der Waals surface area contributed by atoms with E-state index in [9.17, 15) is 4.79 Å². The lowest BCUT2D eigenvalue weighted by Crippen LogP contribution is -2.33. The highest BCUT2D eigenvalue weighted by atomic mass is 16.5. The molecular weight excluding hydrogens is 244 g/mol. The minimum Gasteiger partial charge on any atom is -0.495 e. The zero-order valence-electron chi connectivity index (χ0n) is 11.1. The molecule has 104 valence electrons. The standard InChI is InChI=1S/C14H20N2O3/c1-18-13-7-3-2-6-11(13)16-14(17)9-19-12-8-4-5-10(12)15/h2-3,6-7,10,12H,4-5,8-9,15H2,1H3,(H,16,17). The Morgan fingerprint density at radius 3 is 2.89 bits per heavy atom. The number of nitrogens with two attached hydrogens (primary N) is 1.